The first kappa shape index (κ1) is 64.9. The number of anilines is 2. The van der Waals surface area contributed by atoms with Crippen LogP contribution in [0, 0.1) is 20.8 Å². The van der Waals surface area contributed by atoms with Crippen LogP contribution in [0.15, 0.2) is 158 Å². The molecule has 25 heteroatoms. The molecular weight excluding hydrogens is 1310 g/mol. The van der Waals surface area contributed by atoms with Gasteiger partial charge in [-0.15, -0.1) is 0 Å². The van der Waals surface area contributed by atoms with E-state index in [1.165, 1.54) is 132 Å². The van der Waals surface area contributed by atoms with Crippen molar-refractivity contribution in [1.82, 2.24) is 9.80 Å². The smallest absolute Gasteiger partial charge is 0.418 e. The molecule has 11 aromatic rings. The van der Waals surface area contributed by atoms with E-state index in [-0.39, 0.29) is 115 Å². The van der Waals surface area contributed by atoms with Gasteiger partial charge in [0.25, 0.3) is 35.4 Å². The molecule has 0 radical (unpaired) electrons. The number of hydrogen-bond donors (Lipinski definition) is 2. The van der Waals surface area contributed by atoms with E-state index < -0.39 is 105 Å². The lowest BCUT2D eigenvalue weighted by atomic mass is 9.80. The predicted molar refractivity (Wildman–Crippen MR) is 350 cm³/mol. The topological polar surface area (TPSA) is 207 Å². The summed E-state index contributed by atoms with van der Waals surface area (Å²) in [4.78, 5) is 91.6. The number of fused-ring (bicyclic) bond motifs is 2. The molecule has 496 valence electrons. The van der Waals surface area contributed by atoms with Gasteiger partial charge in [-0.3, -0.25) is 38.6 Å². The third kappa shape index (κ3) is 11.6. The number of hydrogen-bond acceptors (Lipinski definition) is 14. The molecule has 2 heterocycles. The van der Waals surface area contributed by atoms with E-state index >= 15 is 45.5 Å². The lowest BCUT2D eigenvalue weighted by molar-refractivity contribution is -0.178. The zero-order chi connectivity index (χ0) is 69.5. The Kier molecular flexibility index (Phi) is 16.4. The molecule has 0 bridgehead atoms. The Balaban J connectivity index is 1.21. The summed E-state index contributed by atoms with van der Waals surface area (Å²) < 4.78 is 146. The second kappa shape index (κ2) is 24.8. The van der Waals surface area contributed by atoms with Crippen molar-refractivity contribution in [2.75, 3.05) is 39.1 Å². The molecule has 6 amide bonds. The highest BCUT2D eigenvalue weighted by atomic mass is 35.5. The van der Waals surface area contributed by atoms with Crippen LogP contribution in [0.4, 0.5) is 37.7 Å². The molecule has 0 spiro atoms. The summed E-state index contributed by atoms with van der Waals surface area (Å²) in [5, 5.41) is 2.52. The lowest BCUT2D eigenvalue weighted by Crippen LogP contribution is -2.58. The summed E-state index contributed by atoms with van der Waals surface area (Å²) in [6.45, 7) is 4.86. The molecule has 0 saturated heterocycles. The fourth-order valence-electron chi connectivity index (χ4n) is 12.6. The van der Waals surface area contributed by atoms with E-state index in [0.29, 0.717) is 16.7 Å². The number of aryl methyl sites for hydroxylation is 3. The van der Waals surface area contributed by atoms with Crippen LogP contribution in [-0.4, -0.2) is 98.1 Å². The highest BCUT2D eigenvalue weighted by Crippen LogP contribution is 2.59. The average molecular weight is 1360 g/mol. The van der Waals surface area contributed by atoms with Crippen molar-refractivity contribution in [3.63, 3.8) is 0 Å². The number of ether oxygens (including phenoxy) is 8. The van der Waals surface area contributed by atoms with Crippen molar-refractivity contribution in [2.45, 2.75) is 45.2 Å². The van der Waals surface area contributed by atoms with Crippen LogP contribution in [0.25, 0.3) is 43.1 Å². The fourth-order valence-corrected chi connectivity index (χ4v) is 12.9. The number of carbonyl (C=O) groups excluding carboxylic acids is 6. The van der Waals surface area contributed by atoms with Crippen molar-refractivity contribution in [3.8, 4) is 69.0 Å². The SMILES string of the molecule is COc1cccc(Oc2cc3c4c(cc(Oc5cccc(OC)c5)c5c6c(Oc7cccc(OC)c7)cc7c8c(cc(Oc9cccc(OC)c9)c(c2c45)c86)C(=O)N(C(C(=O)Nc2cc(C)cc(Cl)c2)C(F)(F)F)C7=O)C(=O)N(C(C(=O)Nc2cc(C)cc(C)c2)C(F)(F)F)C3=O)c1. The quantitative estimate of drug-likeness (QED) is 0.0355. The summed E-state index contributed by atoms with van der Waals surface area (Å²) in [7, 11) is 5.42. The highest BCUT2D eigenvalue weighted by molar-refractivity contribution is 6.45. The van der Waals surface area contributed by atoms with Crippen molar-refractivity contribution in [1.29, 1.82) is 0 Å². The van der Waals surface area contributed by atoms with E-state index in [1.807, 2.05) is 0 Å². The monoisotopic (exact) mass is 1360 g/mol. The second-order valence-corrected chi connectivity index (χ2v) is 23.5. The molecule has 2 atom stereocenters. The minimum absolute atomic E-state index is 0.0367. The molecule has 98 heavy (non-hydrogen) atoms. The Morgan fingerprint density at radius 1 is 0.367 bits per heavy atom. The molecule has 2 aliphatic rings. The average Bonchev–Trinajstić information content (AvgIpc) is 0.671. The number of nitrogens with zero attached hydrogens (tertiary/aromatic N) is 2. The third-order valence-electron chi connectivity index (χ3n) is 16.5. The fraction of sp³-hybridized carbons (Fsp3) is 0.151. The molecule has 0 aliphatic carbocycles. The van der Waals surface area contributed by atoms with Gasteiger partial charge in [-0.05, 0) is 141 Å². The molecule has 0 fully saturated rings. The van der Waals surface area contributed by atoms with Crippen LogP contribution < -0.4 is 48.5 Å². The maximum atomic E-state index is 16.1. The van der Waals surface area contributed by atoms with Gasteiger partial charge >= 0.3 is 12.4 Å². The Hall–Kier alpha value is -11.8. The number of methoxy groups -OCH3 is 4. The van der Waals surface area contributed by atoms with Crippen LogP contribution in [0.1, 0.15) is 58.1 Å². The summed E-state index contributed by atoms with van der Waals surface area (Å²) in [5.74, 6) is -11.3. The molecule has 18 nitrogen and oxygen atoms in total. The number of imide groups is 2. The van der Waals surface area contributed by atoms with Crippen LogP contribution in [0.2, 0.25) is 5.02 Å². The number of halogens is 7. The van der Waals surface area contributed by atoms with Gasteiger partial charge in [0.2, 0.25) is 12.1 Å². The summed E-state index contributed by atoms with van der Waals surface area (Å²) in [6.07, 6.45) is -11.3. The molecule has 2 N–H and O–H groups in total. The first-order valence-electron chi connectivity index (χ1n) is 29.8. The van der Waals surface area contributed by atoms with Crippen LogP contribution in [0.3, 0.4) is 0 Å². The number of rotatable bonds is 18. The van der Waals surface area contributed by atoms with Gasteiger partial charge in [-0.25, -0.2) is 0 Å². The maximum Gasteiger partial charge on any atom is 0.418 e. The van der Waals surface area contributed by atoms with Gasteiger partial charge < -0.3 is 48.5 Å². The van der Waals surface area contributed by atoms with Gasteiger partial charge in [0.15, 0.2) is 0 Å². The standard InChI is InChI=1S/C73H51ClF6N4O14/c1-34-20-35(2)23-38(22-34)81-66(85)64(72(75,76)77)83-68(87)48-30-52(95-44-16-8-12-40(26-44)91-4)58-60-54(97-46-18-10-14-42(28-46)93-6)32-50-57-51(71(90)84(70(50)89)65(73(78,79)80)67(86)82-39-24-36(3)21-37(74)25-39)33-55(98-47-19-11-15-43(29-47)94-7)61(63(57)60)59-53(31-49(69(83)88)56(48)62(58)59)96-45-17-9-13-41(27-45)92-5/h8-33,64-65H,1-7H3,(H,81,85)(H,82,86). The molecule has 0 aromatic heterocycles. The number of carbonyl (C=O) groups is 6. The molecule has 11 aromatic carbocycles. The summed E-state index contributed by atoms with van der Waals surface area (Å²) in [6, 6.07) is 29.4. The third-order valence-corrected chi connectivity index (χ3v) is 16.7. The predicted octanol–water partition coefficient (Wildman–Crippen LogP) is 16.9. The van der Waals surface area contributed by atoms with Crippen LogP contribution in [-0.2, 0) is 9.59 Å². The molecular formula is C73H51ClF6N4O14. The maximum absolute atomic E-state index is 16.1. The van der Waals surface area contributed by atoms with E-state index in [1.54, 1.807) is 51.1 Å². The first-order valence-corrected chi connectivity index (χ1v) is 30.1. The Bertz CT molecular complexity index is 4630. The zero-order valence-electron chi connectivity index (χ0n) is 52.4. The number of nitrogens with one attached hydrogen (secondary N) is 2. The van der Waals surface area contributed by atoms with Gasteiger partial charge in [0.1, 0.15) is 69.0 Å². The van der Waals surface area contributed by atoms with E-state index in [9.17, 15) is 9.59 Å². The Labute approximate surface area is 556 Å². The number of amides is 6. The van der Waals surface area contributed by atoms with E-state index in [4.69, 9.17) is 49.5 Å². The zero-order valence-corrected chi connectivity index (χ0v) is 53.2. The molecule has 2 unspecified atom stereocenters. The van der Waals surface area contributed by atoms with Crippen molar-refractivity contribution >= 4 is 102 Å². The number of benzene rings is 11. The van der Waals surface area contributed by atoms with Crippen LogP contribution in [0.5, 0.6) is 69.0 Å². The van der Waals surface area contributed by atoms with Crippen molar-refractivity contribution < 1.29 is 93.0 Å². The molecule has 0 saturated carbocycles. The normalized spacial score (nSPS) is 13.7. The van der Waals surface area contributed by atoms with Crippen LogP contribution >= 0.6 is 11.6 Å². The van der Waals surface area contributed by atoms with Gasteiger partial charge in [-0.2, -0.15) is 26.3 Å². The van der Waals surface area contributed by atoms with E-state index in [0.717, 1.165) is 24.3 Å². The van der Waals surface area contributed by atoms with Crippen molar-refractivity contribution in [2.24, 2.45) is 0 Å². The lowest BCUT2D eigenvalue weighted by Gasteiger charge is -2.36. The summed E-state index contributed by atoms with van der Waals surface area (Å²) in [5.41, 5.74) is -1.36. The second-order valence-electron chi connectivity index (χ2n) is 23.0. The van der Waals surface area contributed by atoms with Gasteiger partial charge in [0.05, 0.1) is 50.7 Å². The van der Waals surface area contributed by atoms with Gasteiger partial charge in [0, 0.05) is 83.8 Å². The Morgan fingerprint density at radius 2 is 0.633 bits per heavy atom. The minimum Gasteiger partial charge on any atom is -0.497 e. The molecule has 13 rings (SSSR count). The molecule has 2 aliphatic heterocycles. The number of alkyl halides is 6. The van der Waals surface area contributed by atoms with Gasteiger partial charge in [-0.1, -0.05) is 41.9 Å². The minimum atomic E-state index is -5.69. The Morgan fingerprint density at radius 3 is 0.898 bits per heavy atom. The van der Waals surface area contributed by atoms with E-state index in [2.05, 4.69) is 10.6 Å². The first-order chi connectivity index (χ1) is 46.7. The largest absolute Gasteiger partial charge is 0.497 e. The highest BCUT2D eigenvalue weighted by Gasteiger charge is 2.57. The summed E-state index contributed by atoms with van der Waals surface area (Å²) >= 11 is 6.28. The van der Waals surface area contributed by atoms with Crippen molar-refractivity contribution in [3.05, 3.63) is 202 Å².